The molecule has 4 heteroatoms. The van der Waals surface area contributed by atoms with Crippen LogP contribution in [-0.2, 0) is 13.1 Å². The molecule has 4 nitrogen and oxygen atoms in total. The van der Waals surface area contributed by atoms with Crippen LogP contribution in [0.4, 0.5) is 0 Å². The highest BCUT2D eigenvalue weighted by atomic mass is 16.5. The zero-order valence-corrected chi connectivity index (χ0v) is 7.03. The van der Waals surface area contributed by atoms with Crippen molar-refractivity contribution in [2.45, 2.75) is 13.1 Å². The number of hydrogen-bond donors (Lipinski definition) is 2. The smallest absolute Gasteiger partial charge is 0.249 e. The van der Waals surface area contributed by atoms with Crippen LogP contribution in [0.3, 0.4) is 0 Å². The van der Waals surface area contributed by atoms with Gasteiger partial charge in [-0.05, 0) is 17.2 Å². The SMILES string of the molecule is NC(=O)c1cccc2c1CN(O)C2. The topological polar surface area (TPSA) is 66.6 Å². The highest BCUT2D eigenvalue weighted by Crippen LogP contribution is 2.23. The third kappa shape index (κ3) is 1.30. The van der Waals surface area contributed by atoms with Crippen molar-refractivity contribution in [2.75, 3.05) is 0 Å². The van der Waals surface area contributed by atoms with Crippen LogP contribution in [0.15, 0.2) is 18.2 Å². The normalized spacial score (nSPS) is 15.8. The molecule has 0 unspecified atom stereocenters. The summed E-state index contributed by atoms with van der Waals surface area (Å²) in [7, 11) is 0. The summed E-state index contributed by atoms with van der Waals surface area (Å²) in [6.07, 6.45) is 0. The van der Waals surface area contributed by atoms with E-state index in [-0.39, 0.29) is 0 Å². The molecule has 0 atom stereocenters. The molecule has 0 saturated heterocycles. The zero-order valence-electron chi connectivity index (χ0n) is 7.03. The molecule has 0 aliphatic carbocycles. The van der Waals surface area contributed by atoms with Gasteiger partial charge >= 0.3 is 0 Å². The fraction of sp³-hybridized carbons (Fsp3) is 0.222. The van der Waals surface area contributed by atoms with Gasteiger partial charge in [0.2, 0.25) is 5.91 Å². The number of nitrogens with two attached hydrogens (primary N) is 1. The molecule has 1 aliphatic rings. The van der Waals surface area contributed by atoms with Crippen molar-refractivity contribution in [3.8, 4) is 0 Å². The Bertz CT molecular complexity index is 363. The lowest BCUT2D eigenvalue weighted by Crippen LogP contribution is -2.14. The minimum absolute atomic E-state index is 0.383. The van der Waals surface area contributed by atoms with E-state index in [9.17, 15) is 10.0 Å². The van der Waals surface area contributed by atoms with Crippen molar-refractivity contribution in [1.29, 1.82) is 0 Å². The van der Waals surface area contributed by atoms with E-state index in [1.165, 1.54) is 0 Å². The van der Waals surface area contributed by atoms with E-state index < -0.39 is 5.91 Å². The first-order chi connectivity index (χ1) is 6.18. The predicted octanol–water partition coefficient (Wildman–Crippen LogP) is 0.490. The number of fused-ring (bicyclic) bond motifs is 1. The molecule has 13 heavy (non-hydrogen) atoms. The van der Waals surface area contributed by atoms with Crippen LogP contribution in [-0.4, -0.2) is 16.2 Å². The number of primary amides is 1. The fourth-order valence-corrected chi connectivity index (χ4v) is 1.64. The van der Waals surface area contributed by atoms with Crippen molar-refractivity contribution in [1.82, 2.24) is 5.06 Å². The van der Waals surface area contributed by atoms with Crippen LogP contribution in [0.2, 0.25) is 0 Å². The summed E-state index contributed by atoms with van der Waals surface area (Å²) in [5.41, 5.74) is 7.52. The summed E-state index contributed by atoms with van der Waals surface area (Å²) in [4.78, 5) is 11.0. The first kappa shape index (κ1) is 8.22. The van der Waals surface area contributed by atoms with Gasteiger partial charge in [-0.1, -0.05) is 12.1 Å². The molecule has 2 rings (SSSR count). The maximum absolute atomic E-state index is 11.0. The van der Waals surface area contributed by atoms with Crippen molar-refractivity contribution in [2.24, 2.45) is 5.73 Å². The summed E-state index contributed by atoms with van der Waals surface area (Å²) in [6, 6.07) is 5.34. The molecule has 0 saturated carbocycles. The molecule has 1 aliphatic heterocycles. The number of hydroxylamine groups is 2. The first-order valence-corrected chi connectivity index (χ1v) is 4.03. The van der Waals surface area contributed by atoms with Gasteiger partial charge in [0, 0.05) is 12.1 Å². The molecular formula is C9H10N2O2. The van der Waals surface area contributed by atoms with E-state index in [1.807, 2.05) is 6.07 Å². The molecule has 0 bridgehead atoms. The average Bonchev–Trinajstić information content (AvgIpc) is 2.43. The van der Waals surface area contributed by atoms with Gasteiger partial charge in [-0.15, -0.1) is 0 Å². The molecule has 1 amide bonds. The Balaban J connectivity index is 2.51. The predicted molar refractivity (Wildman–Crippen MR) is 46.0 cm³/mol. The molecule has 0 radical (unpaired) electrons. The standard InChI is InChI=1S/C9H10N2O2/c10-9(12)7-3-1-2-6-4-11(13)5-8(6)7/h1-3,13H,4-5H2,(H2,10,12). The number of hydrogen-bond acceptors (Lipinski definition) is 3. The van der Waals surface area contributed by atoms with Crippen LogP contribution >= 0.6 is 0 Å². The van der Waals surface area contributed by atoms with Gasteiger partial charge in [0.05, 0.1) is 6.54 Å². The molecule has 68 valence electrons. The molecule has 0 fully saturated rings. The lowest BCUT2D eigenvalue weighted by atomic mass is 10.0. The minimum atomic E-state index is -0.438. The van der Waals surface area contributed by atoms with Crippen LogP contribution in [0, 0.1) is 0 Å². The van der Waals surface area contributed by atoms with Crippen LogP contribution < -0.4 is 5.73 Å². The van der Waals surface area contributed by atoms with E-state index in [1.54, 1.807) is 12.1 Å². The third-order valence-electron chi connectivity index (χ3n) is 2.23. The number of benzene rings is 1. The lowest BCUT2D eigenvalue weighted by molar-refractivity contribution is -0.0969. The number of rotatable bonds is 1. The van der Waals surface area contributed by atoms with E-state index in [0.717, 1.165) is 16.2 Å². The Labute approximate surface area is 75.5 Å². The van der Waals surface area contributed by atoms with Crippen molar-refractivity contribution in [3.05, 3.63) is 34.9 Å². The van der Waals surface area contributed by atoms with Crippen molar-refractivity contribution in [3.63, 3.8) is 0 Å². The van der Waals surface area contributed by atoms with Gasteiger partial charge in [0.25, 0.3) is 0 Å². The van der Waals surface area contributed by atoms with Crippen LogP contribution in [0.5, 0.6) is 0 Å². The zero-order chi connectivity index (χ0) is 9.42. The van der Waals surface area contributed by atoms with E-state index in [2.05, 4.69) is 0 Å². The van der Waals surface area contributed by atoms with Gasteiger partial charge in [-0.2, -0.15) is 5.06 Å². The van der Waals surface area contributed by atoms with Gasteiger partial charge in [0.1, 0.15) is 0 Å². The maximum Gasteiger partial charge on any atom is 0.249 e. The Morgan fingerprint density at radius 3 is 2.92 bits per heavy atom. The second-order valence-corrected chi connectivity index (χ2v) is 3.13. The van der Waals surface area contributed by atoms with Crippen LogP contribution in [0.1, 0.15) is 21.5 Å². The number of amides is 1. The average molecular weight is 178 g/mol. The van der Waals surface area contributed by atoms with Gasteiger partial charge in [-0.3, -0.25) is 4.79 Å². The Morgan fingerprint density at radius 1 is 1.46 bits per heavy atom. The molecule has 1 aromatic rings. The number of carbonyl (C=O) groups is 1. The summed E-state index contributed by atoms with van der Waals surface area (Å²) in [5, 5.41) is 10.4. The second-order valence-electron chi connectivity index (χ2n) is 3.13. The highest BCUT2D eigenvalue weighted by Gasteiger charge is 2.21. The summed E-state index contributed by atoms with van der Waals surface area (Å²) >= 11 is 0. The molecule has 3 N–H and O–H groups in total. The van der Waals surface area contributed by atoms with E-state index in [4.69, 9.17) is 5.73 Å². The Kier molecular flexibility index (Phi) is 1.79. The number of nitrogens with zero attached hydrogens (tertiary/aromatic N) is 1. The number of carbonyl (C=O) groups excluding carboxylic acids is 1. The first-order valence-electron chi connectivity index (χ1n) is 4.03. The van der Waals surface area contributed by atoms with Gasteiger partial charge in [-0.25, -0.2) is 0 Å². The summed E-state index contributed by atoms with van der Waals surface area (Å²) in [5.74, 6) is -0.438. The molecule has 0 spiro atoms. The van der Waals surface area contributed by atoms with Crippen molar-refractivity contribution < 1.29 is 10.0 Å². The van der Waals surface area contributed by atoms with Crippen LogP contribution in [0.25, 0.3) is 0 Å². The molecule has 1 heterocycles. The quantitative estimate of drug-likeness (QED) is 0.657. The van der Waals surface area contributed by atoms with Crippen molar-refractivity contribution >= 4 is 5.91 Å². The third-order valence-corrected chi connectivity index (χ3v) is 2.23. The second kappa shape index (κ2) is 2.83. The largest absolute Gasteiger partial charge is 0.366 e. The highest BCUT2D eigenvalue weighted by molar-refractivity contribution is 5.94. The maximum atomic E-state index is 11.0. The molecule has 1 aromatic carbocycles. The monoisotopic (exact) mass is 178 g/mol. The van der Waals surface area contributed by atoms with Gasteiger partial charge in [0.15, 0.2) is 0 Å². The van der Waals surface area contributed by atoms with E-state index >= 15 is 0 Å². The molecule has 0 aromatic heterocycles. The fourth-order valence-electron chi connectivity index (χ4n) is 1.64. The Morgan fingerprint density at radius 2 is 2.23 bits per heavy atom. The summed E-state index contributed by atoms with van der Waals surface area (Å²) < 4.78 is 0. The molecular weight excluding hydrogens is 168 g/mol. The lowest BCUT2D eigenvalue weighted by Gasteiger charge is -2.03. The summed E-state index contributed by atoms with van der Waals surface area (Å²) in [6.45, 7) is 0.852. The Hall–Kier alpha value is -1.39. The minimum Gasteiger partial charge on any atom is -0.366 e. The van der Waals surface area contributed by atoms with E-state index in [0.29, 0.717) is 18.7 Å². The van der Waals surface area contributed by atoms with Gasteiger partial charge < -0.3 is 10.9 Å².